The fraction of sp³-hybridized carbons (Fsp3) is 0. The summed E-state index contributed by atoms with van der Waals surface area (Å²) in [7, 11) is 0. The van der Waals surface area contributed by atoms with E-state index in [9.17, 15) is 5.21 Å². The number of hydroxylamine groups is 1. The maximum Gasteiger partial charge on any atom is 0.155 e. The highest BCUT2D eigenvalue weighted by molar-refractivity contribution is 8.04. The molecule has 0 fully saturated rings. The van der Waals surface area contributed by atoms with Crippen molar-refractivity contribution >= 4 is 39.0 Å². The topological polar surface area (TPSA) is 45.1 Å². The first-order valence-corrected chi connectivity index (χ1v) is 7.74. The Bertz CT molecular complexity index is 705. The van der Waals surface area contributed by atoms with Gasteiger partial charge < -0.3 is 0 Å². The van der Waals surface area contributed by atoms with Crippen molar-refractivity contribution < 1.29 is 5.21 Å². The highest BCUT2D eigenvalue weighted by Gasteiger charge is 2.04. The third-order valence-electron chi connectivity index (χ3n) is 2.76. The van der Waals surface area contributed by atoms with Crippen molar-refractivity contribution in [2.45, 2.75) is 4.34 Å². The number of aromatic nitrogens is 1. The summed E-state index contributed by atoms with van der Waals surface area (Å²) in [6, 6.07) is 17.7. The molecule has 0 radical (unpaired) electrons. The van der Waals surface area contributed by atoms with Crippen LogP contribution in [-0.2, 0) is 0 Å². The van der Waals surface area contributed by atoms with E-state index in [0.29, 0.717) is 5.70 Å². The van der Waals surface area contributed by atoms with E-state index >= 15 is 0 Å². The molecule has 2 aromatic carbocycles. The zero-order valence-corrected chi connectivity index (χ0v) is 12.1. The molecule has 0 saturated heterocycles. The molecule has 1 heterocycles. The Morgan fingerprint density at radius 1 is 1.10 bits per heavy atom. The van der Waals surface area contributed by atoms with Crippen LogP contribution in [0.4, 0.5) is 0 Å². The van der Waals surface area contributed by atoms with Crippen LogP contribution in [-0.4, -0.2) is 10.2 Å². The predicted octanol–water partition coefficient (Wildman–Crippen LogP) is 4.37. The van der Waals surface area contributed by atoms with Crippen LogP contribution in [0, 0.1) is 0 Å². The van der Waals surface area contributed by atoms with E-state index in [1.165, 1.54) is 16.5 Å². The molecule has 20 heavy (non-hydrogen) atoms. The zero-order valence-electron chi connectivity index (χ0n) is 10.5. The van der Waals surface area contributed by atoms with Crippen LogP contribution in [0.15, 0.2) is 64.3 Å². The monoisotopic (exact) mass is 300 g/mol. The minimum Gasteiger partial charge on any atom is -0.291 e. The molecule has 5 heteroatoms. The van der Waals surface area contributed by atoms with E-state index in [0.717, 1.165) is 15.4 Å². The quantitative estimate of drug-likeness (QED) is 0.555. The first kappa shape index (κ1) is 13.2. The van der Waals surface area contributed by atoms with E-state index < -0.39 is 0 Å². The van der Waals surface area contributed by atoms with E-state index in [1.54, 1.807) is 11.3 Å². The minimum absolute atomic E-state index is 0.662. The maximum absolute atomic E-state index is 9.25. The van der Waals surface area contributed by atoms with Gasteiger partial charge in [0.15, 0.2) is 4.34 Å². The molecular formula is C15H12N2OS2. The van der Waals surface area contributed by atoms with Crippen LogP contribution in [0.2, 0.25) is 0 Å². The van der Waals surface area contributed by atoms with Crippen LogP contribution in [0.5, 0.6) is 0 Å². The summed E-state index contributed by atoms with van der Waals surface area (Å²) in [5.41, 5.74) is 4.84. The van der Waals surface area contributed by atoms with Gasteiger partial charge >= 0.3 is 0 Å². The van der Waals surface area contributed by atoms with Crippen LogP contribution >= 0.6 is 23.1 Å². The minimum atomic E-state index is 0.662. The number of hydrogen-bond acceptors (Lipinski definition) is 5. The van der Waals surface area contributed by atoms with Crippen molar-refractivity contribution in [2.24, 2.45) is 0 Å². The fourth-order valence-corrected chi connectivity index (χ4v) is 3.65. The number of nitrogens with zero attached hydrogens (tertiary/aromatic N) is 1. The molecule has 0 spiro atoms. The van der Waals surface area contributed by atoms with Crippen LogP contribution in [0.3, 0.4) is 0 Å². The second-order valence-corrected chi connectivity index (χ2v) is 6.22. The Kier molecular flexibility index (Phi) is 4.01. The van der Waals surface area contributed by atoms with Gasteiger partial charge in [0.2, 0.25) is 0 Å². The summed E-state index contributed by atoms with van der Waals surface area (Å²) in [6.45, 7) is 0. The summed E-state index contributed by atoms with van der Waals surface area (Å²) in [5.74, 6) is 0. The van der Waals surface area contributed by atoms with Gasteiger partial charge in [-0.25, -0.2) is 4.98 Å². The Morgan fingerprint density at radius 2 is 1.85 bits per heavy atom. The molecule has 0 aliphatic carbocycles. The van der Waals surface area contributed by atoms with Gasteiger partial charge in [-0.05, 0) is 12.1 Å². The molecule has 0 bridgehead atoms. The average Bonchev–Trinajstić information content (AvgIpc) is 2.92. The molecule has 1 aromatic heterocycles. The van der Waals surface area contributed by atoms with E-state index in [4.69, 9.17) is 0 Å². The number of thiazole rings is 1. The molecule has 0 aliphatic rings. The lowest BCUT2D eigenvalue weighted by Crippen LogP contribution is -2.04. The summed E-state index contributed by atoms with van der Waals surface area (Å²) in [6.07, 6.45) is 0. The number of para-hydroxylation sites is 1. The normalized spacial score (nSPS) is 11.8. The van der Waals surface area contributed by atoms with Gasteiger partial charge in [0.25, 0.3) is 0 Å². The first-order chi connectivity index (χ1) is 9.86. The third kappa shape index (κ3) is 2.85. The van der Waals surface area contributed by atoms with Crippen molar-refractivity contribution in [3.05, 3.63) is 65.6 Å². The van der Waals surface area contributed by atoms with E-state index in [1.807, 2.05) is 53.9 Å². The number of nitrogens with one attached hydrogen (secondary N) is 1. The molecule has 3 aromatic rings. The molecule has 0 unspecified atom stereocenters. The van der Waals surface area contributed by atoms with Crippen molar-refractivity contribution in [1.29, 1.82) is 0 Å². The molecule has 0 atom stereocenters. The van der Waals surface area contributed by atoms with Gasteiger partial charge in [0, 0.05) is 11.0 Å². The molecule has 2 N–H and O–H groups in total. The first-order valence-electron chi connectivity index (χ1n) is 6.05. The summed E-state index contributed by atoms with van der Waals surface area (Å²) >= 11 is 3.14. The molecule has 100 valence electrons. The van der Waals surface area contributed by atoms with Crippen LogP contribution in [0.1, 0.15) is 5.56 Å². The van der Waals surface area contributed by atoms with Gasteiger partial charge in [-0.1, -0.05) is 54.2 Å². The second kappa shape index (κ2) is 6.09. The van der Waals surface area contributed by atoms with Crippen LogP contribution < -0.4 is 5.48 Å². The highest BCUT2D eigenvalue weighted by Crippen LogP contribution is 2.31. The Balaban J connectivity index is 1.84. The highest BCUT2D eigenvalue weighted by atomic mass is 32.2. The Labute approximate surface area is 124 Å². The fourth-order valence-electron chi connectivity index (χ4n) is 1.79. The van der Waals surface area contributed by atoms with Gasteiger partial charge in [-0.3, -0.25) is 10.7 Å². The molecule has 0 amide bonds. The van der Waals surface area contributed by atoms with Crippen molar-refractivity contribution in [3.63, 3.8) is 0 Å². The van der Waals surface area contributed by atoms with Gasteiger partial charge in [0.05, 0.1) is 15.9 Å². The van der Waals surface area contributed by atoms with Gasteiger partial charge in [-0.15, -0.1) is 11.3 Å². The Morgan fingerprint density at radius 3 is 2.60 bits per heavy atom. The summed E-state index contributed by atoms with van der Waals surface area (Å²) in [4.78, 5) is 4.54. The average molecular weight is 300 g/mol. The molecular weight excluding hydrogens is 288 g/mol. The smallest absolute Gasteiger partial charge is 0.155 e. The van der Waals surface area contributed by atoms with Crippen molar-refractivity contribution in [3.8, 4) is 0 Å². The van der Waals surface area contributed by atoms with E-state index in [2.05, 4.69) is 16.5 Å². The van der Waals surface area contributed by atoms with Gasteiger partial charge in [0.1, 0.15) is 0 Å². The second-order valence-electron chi connectivity index (χ2n) is 4.07. The number of benzene rings is 2. The predicted molar refractivity (Wildman–Crippen MR) is 84.8 cm³/mol. The zero-order chi connectivity index (χ0) is 13.8. The lowest BCUT2D eigenvalue weighted by Gasteiger charge is -2.04. The largest absolute Gasteiger partial charge is 0.291 e. The van der Waals surface area contributed by atoms with Crippen LogP contribution in [0.25, 0.3) is 15.9 Å². The number of hydrogen-bond donors (Lipinski definition) is 2. The number of rotatable bonds is 4. The Hall–Kier alpha value is -1.82. The molecule has 0 saturated carbocycles. The standard InChI is InChI=1S/C15H12N2OS2/c18-17-13(11-6-2-1-3-7-11)10-19-15-16-12-8-4-5-9-14(12)20-15/h1-10,17-18H/b13-10-. The lowest BCUT2D eigenvalue weighted by molar-refractivity contribution is 0.225. The SMILES string of the molecule is ON/C(=C\Sc1nc2ccccc2s1)c1ccccc1. The molecule has 3 nitrogen and oxygen atoms in total. The van der Waals surface area contributed by atoms with Gasteiger partial charge in [-0.2, -0.15) is 0 Å². The lowest BCUT2D eigenvalue weighted by atomic mass is 10.2. The van der Waals surface area contributed by atoms with E-state index in [-0.39, 0.29) is 0 Å². The molecule has 3 rings (SSSR count). The third-order valence-corrected chi connectivity index (χ3v) is 4.77. The summed E-state index contributed by atoms with van der Waals surface area (Å²) < 4.78 is 2.12. The van der Waals surface area contributed by atoms with Crippen molar-refractivity contribution in [1.82, 2.24) is 10.5 Å². The maximum atomic E-state index is 9.25. The number of fused-ring (bicyclic) bond motifs is 1. The van der Waals surface area contributed by atoms with Crippen molar-refractivity contribution in [2.75, 3.05) is 0 Å². The number of thioether (sulfide) groups is 1. The summed E-state index contributed by atoms with van der Waals surface area (Å²) in [5, 5.41) is 11.1. The molecule has 0 aliphatic heterocycles.